The van der Waals surface area contributed by atoms with Crippen molar-refractivity contribution in [2.75, 3.05) is 0 Å². The zero-order valence-electron chi connectivity index (χ0n) is 10.1. The smallest absolute Gasteiger partial charge is 0.331 e. The van der Waals surface area contributed by atoms with E-state index in [2.05, 4.69) is 4.98 Å². The monoisotopic (exact) mass is 259 g/mol. The van der Waals surface area contributed by atoms with Crippen molar-refractivity contribution in [3.05, 3.63) is 53.9 Å². The van der Waals surface area contributed by atoms with Crippen LogP contribution < -0.4 is 0 Å². The van der Waals surface area contributed by atoms with E-state index < -0.39 is 17.4 Å². The maximum absolute atomic E-state index is 11.6. The van der Waals surface area contributed by atoms with Crippen LogP contribution in [-0.4, -0.2) is 27.1 Å². The van der Waals surface area contributed by atoms with Crippen molar-refractivity contribution in [1.82, 2.24) is 4.98 Å². The maximum atomic E-state index is 11.6. The number of hydrogen-bond acceptors (Lipinski definition) is 3. The van der Waals surface area contributed by atoms with Crippen LogP contribution in [0.5, 0.6) is 0 Å². The Balaban J connectivity index is 2.31. The Hall–Kier alpha value is -2.43. The van der Waals surface area contributed by atoms with E-state index in [0.29, 0.717) is 0 Å². The minimum absolute atomic E-state index is 0.0247. The standard InChI is InChI=1S/C14H13NO4/c16-12(17)11-4-1-5-14(8-11,13(18)19)7-10-3-2-6-15-9-10/h1-6,9H,7-8H2,(H,16,17)(H,18,19). The molecule has 1 aromatic rings. The molecule has 0 aromatic carbocycles. The highest BCUT2D eigenvalue weighted by Crippen LogP contribution is 2.35. The molecule has 0 saturated carbocycles. The Bertz CT molecular complexity index is 562. The predicted octanol–water partition coefficient (Wildman–Crippen LogP) is 1.67. The fourth-order valence-electron chi connectivity index (χ4n) is 2.16. The third kappa shape index (κ3) is 2.70. The summed E-state index contributed by atoms with van der Waals surface area (Å²) in [5.74, 6) is -2.11. The van der Waals surface area contributed by atoms with Gasteiger partial charge in [-0.2, -0.15) is 0 Å². The van der Waals surface area contributed by atoms with E-state index in [9.17, 15) is 14.7 Å². The lowest BCUT2D eigenvalue weighted by molar-refractivity contribution is -0.146. The topological polar surface area (TPSA) is 87.5 Å². The van der Waals surface area contributed by atoms with Gasteiger partial charge in [-0.25, -0.2) is 4.79 Å². The molecule has 0 spiro atoms. The zero-order chi connectivity index (χ0) is 13.9. The molecule has 19 heavy (non-hydrogen) atoms. The first-order chi connectivity index (χ1) is 9.03. The third-order valence-electron chi connectivity index (χ3n) is 3.16. The lowest BCUT2D eigenvalue weighted by Gasteiger charge is -2.28. The van der Waals surface area contributed by atoms with E-state index in [4.69, 9.17) is 5.11 Å². The van der Waals surface area contributed by atoms with E-state index in [0.717, 1.165) is 5.56 Å². The van der Waals surface area contributed by atoms with Gasteiger partial charge in [-0.15, -0.1) is 0 Å². The number of carbonyl (C=O) groups is 2. The Morgan fingerprint density at radius 1 is 1.37 bits per heavy atom. The number of carboxylic acid groups (broad SMARTS) is 2. The fraction of sp³-hybridized carbons (Fsp3) is 0.214. The second kappa shape index (κ2) is 5.06. The number of allylic oxidation sites excluding steroid dienone is 2. The molecule has 2 N–H and O–H groups in total. The van der Waals surface area contributed by atoms with Gasteiger partial charge in [0.1, 0.15) is 0 Å². The second-order valence-electron chi connectivity index (χ2n) is 4.53. The summed E-state index contributed by atoms with van der Waals surface area (Å²) in [5.41, 5.74) is -0.346. The van der Waals surface area contributed by atoms with Crippen LogP contribution >= 0.6 is 0 Å². The Kier molecular flexibility index (Phi) is 3.46. The molecule has 0 radical (unpaired) electrons. The summed E-state index contributed by atoms with van der Waals surface area (Å²) >= 11 is 0. The van der Waals surface area contributed by atoms with Crippen molar-refractivity contribution in [3.8, 4) is 0 Å². The Morgan fingerprint density at radius 3 is 2.74 bits per heavy atom. The maximum Gasteiger partial charge on any atom is 0.331 e. The minimum atomic E-state index is -1.22. The zero-order valence-corrected chi connectivity index (χ0v) is 10.1. The second-order valence-corrected chi connectivity index (χ2v) is 4.53. The van der Waals surface area contributed by atoms with Crippen molar-refractivity contribution in [3.63, 3.8) is 0 Å². The first kappa shape index (κ1) is 13.0. The van der Waals surface area contributed by atoms with E-state index >= 15 is 0 Å². The summed E-state index contributed by atoms with van der Waals surface area (Å²) in [6.45, 7) is 0. The largest absolute Gasteiger partial charge is 0.481 e. The van der Waals surface area contributed by atoms with Crippen molar-refractivity contribution >= 4 is 11.9 Å². The van der Waals surface area contributed by atoms with Gasteiger partial charge in [0.25, 0.3) is 0 Å². The molecule has 0 bridgehead atoms. The highest BCUT2D eigenvalue weighted by Gasteiger charge is 2.39. The van der Waals surface area contributed by atoms with Gasteiger partial charge in [0.2, 0.25) is 0 Å². The molecule has 1 aliphatic rings. The molecule has 2 rings (SSSR count). The SMILES string of the molecule is O=C(O)C1=CC=CC(Cc2cccnc2)(C(=O)O)C1. The lowest BCUT2D eigenvalue weighted by atomic mass is 9.74. The molecule has 0 amide bonds. The molecule has 98 valence electrons. The normalized spacial score (nSPS) is 21.8. The number of aliphatic carboxylic acids is 2. The van der Waals surface area contributed by atoms with E-state index in [1.165, 1.54) is 12.2 Å². The van der Waals surface area contributed by atoms with Crippen LogP contribution in [0.4, 0.5) is 0 Å². The van der Waals surface area contributed by atoms with Gasteiger partial charge in [-0.1, -0.05) is 24.3 Å². The first-order valence-corrected chi connectivity index (χ1v) is 5.77. The molecular formula is C14H13NO4. The first-order valence-electron chi connectivity index (χ1n) is 5.77. The molecule has 0 saturated heterocycles. The van der Waals surface area contributed by atoms with E-state index in [-0.39, 0.29) is 18.4 Å². The van der Waals surface area contributed by atoms with E-state index in [1.807, 2.05) is 0 Å². The van der Waals surface area contributed by atoms with Crippen LogP contribution in [0.2, 0.25) is 0 Å². The van der Waals surface area contributed by atoms with Gasteiger partial charge in [0.05, 0.1) is 5.41 Å². The van der Waals surface area contributed by atoms with E-state index in [1.54, 1.807) is 30.6 Å². The average molecular weight is 259 g/mol. The molecule has 5 nitrogen and oxygen atoms in total. The van der Waals surface area contributed by atoms with Gasteiger partial charge in [0.15, 0.2) is 0 Å². The molecule has 1 heterocycles. The van der Waals surface area contributed by atoms with Crippen LogP contribution in [0, 0.1) is 5.41 Å². The molecule has 0 aliphatic heterocycles. The summed E-state index contributed by atoms with van der Waals surface area (Å²) in [5, 5.41) is 18.5. The molecule has 1 aromatic heterocycles. The Labute approximate surface area is 109 Å². The number of rotatable bonds is 4. The summed E-state index contributed by atoms with van der Waals surface area (Å²) in [7, 11) is 0. The number of hydrogen-bond donors (Lipinski definition) is 2. The Morgan fingerprint density at radius 2 is 2.16 bits per heavy atom. The van der Waals surface area contributed by atoms with Crippen LogP contribution in [0.15, 0.2) is 48.3 Å². The van der Waals surface area contributed by atoms with Crippen LogP contribution in [0.3, 0.4) is 0 Å². The number of carboxylic acids is 2. The third-order valence-corrected chi connectivity index (χ3v) is 3.16. The minimum Gasteiger partial charge on any atom is -0.481 e. The summed E-state index contributed by atoms with van der Waals surface area (Å²) in [6, 6.07) is 3.51. The quantitative estimate of drug-likeness (QED) is 0.858. The molecular weight excluding hydrogens is 246 g/mol. The van der Waals surface area contributed by atoms with Crippen molar-refractivity contribution in [2.24, 2.45) is 5.41 Å². The summed E-state index contributed by atoms with van der Waals surface area (Å²) < 4.78 is 0. The fourth-order valence-corrected chi connectivity index (χ4v) is 2.16. The van der Waals surface area contributed by atoms with Crippen LogP contribution in [0.25, 0.3) is 0 Å². The average Bonchev–Trinajstić information content (AvgIpc) is 2.40. The van der Waals surface area contributed by atoms with Gasteiger partial charge in [-0.05, 0) is 24.5 Å². The number of aromatic nitrogens is 1. The van der Waals surface area contributed by atoms with Crippen molar-refractivity contribution in [2.45, 2.75) is 12.8 Å². The molecule has 1 unspecified atom stereocenters. The van der Waals surface area contributed by atoms with Crippen LogP contribution in [0.1, 0.15) is 12.0 Å². The van der Waals surface area contributed by atoms with Crippen molar-refractivity contribution in [1.29, 1.82) is 0 Å². The molecule has 0 fully saturated rings. The lowest BCUT2D eigenvalue weighted by Crippen LogP contribution is -2.34. The number of nitrogens with zero attached hydrogens (tertiary/aromatic N) is 1. The van der Waals surface area contributed by atoms with Gasteiger partial charge in [0, 0.05) is 18.0 Å². The molecule has 5 heteroatoms. The van der Waals surface area contributed by atoms with Gasteiger partial charge >= 0.3 is 11.9 Å². The summed E-state index contributed by atoms with van der Waals surface area (Å²) in [4.78, 5) is 26.5. The van der Waals surface area contributed by atoms with Gasteiger partial charge in [-0.3, -0.25) is 9.78 Å². The van der Waals surface area contributed by atoms with Gasteiger partial charge < -0.3 is 10.2 Å². The van der Waals surface area contributed by atoms with Crippen LogP contribution in [-0.2, 0) is 16.0 Å². The highest BCUT2D eigenvalue weighted by atomic mass is 16.4. The molecule has 1 atom stereocenters. The summed E-state index contributed by atoms with van der Waals surface area (Å²) in [6.07, 6.45) is 7.88. The predicted molar refractivity (Wildman–Crippen MR) is 67.5 cm³/mol. The number of pyridine rings is 1. The molecule has 1 aliphatic carbocycles. The highest BCUT2D eigenvalue weighted by molar-refractivity contribution is 5.90. The van der Waals surface area contributed by atoms with Crippen molar-refractivity contribution < 1.29 is 19.8 Å².